The van der Waals surface area contributed by atoms with Gasteiger partial charge in [-0.2, -0.15) is 0 Å². The maximum absolute atomic E-state index is 10.9. The summed E-state index contributed by atoms with van der Waals surface area (Å²) in [5.41, 5.74) is 0. The molecule has 10 heavy (non-hydrogen) atoms. The molecular weight excluding hydrogens is 132 g/mol. The van der Waals surface area contributed by atoms with E-state index in [2.05, 4.69) is 0 Å². The van der Waals surface area contributed by atoms with Gasteiger partial charge in [-0.25, -0.2) is 0 Å². The molecule has 0 aromatic heterocycles. The van der Waals surface area contributed by atoms with E-state index >= 15 is 0 Å². The highest BCUT2D eigenvalue weighted by Gasteiger charge is 2.30. The monoisotopic (exact) mass is 144 g/mol. The third kappa shape index (κ3) is 1.36. The first-order chi connectivity index (χ1) is 4.77. The van der Waals surface area contributed by atoms with Crippen molar-refractivity contribution >= 4 is 5.78 Å². The summed E-state index contributed by atoms with van der Waals surface area (Å²) in [7, 11) is 0. The highest BCUT2D eigenvalue weighted by Crippen LogP contribution is 2.26. The minimum absolute atomic E-state index is 0.0602. The van der Waals surface area contributed by atoms with Crippen molar-refractivity contribution in [2.45, 2.75) is 12.8 Å². The molecule has 58 valence electrons. The van der Waals surface area contributed by atoms with Gasteiger partial charge in [0.1, 0.15) is 5.78 Å². The predicted octanol–water partition coefficient (Wildman–Crippen LogP) is -0.434. The molecule has 1 rings (SSSR count). The molecule has 0 amide bonds. The number of hydrogen-bond donors (Lipinski definition) is 2. The molecule has 1 aliphatic rings. The first-order valence-corrected chi connectivity index (χ1v) is 3.52. The Morgan fingerprint density at radius 3 is 2.40 bits per heavy atom. The van der Waals surface area contributed by atoms with E-state index in [4.69, 9.17) is 10.2 Å². The minimum atomic E-state index is -0.197. The van der Waals surface area contributed by atoms with Crippen LogP contribution in [0.5, 0.6) is 0 Å². The SMILES string of the molecule is O=C1C[C@@H](CO)C[C@@H]1CO. The van der Waals surface area contributed by atoms with E-state index in [1.54, 1.807) is 0 Å². The number of aliphatic hydroxyl groups is 2. The molecule has 2 N–H and O–H groups in total. The molecule has 1 saturated carbocycles. The van der Waals surface area contributed by atoms with Gasteiger partial charge in [-0.1, -0.05) is 0 Å². The summed E-state index contributed by atoms with van der Waals surface area (Å²) < 4.78 is 0. The molecular formula is C7H12O3. The van der Waals surface area contributed by atoms with Crippen molar-refractivity contribution < 1.29 is 15.0 Å². The summed E-state index contributed by atoms with van der Waals surface area (Å²) in [6.45, 7) is 0.0115. The largest absolute Gasteiger partial charge is 0.396 e. The number of aliphatic hydroxyl groups excluding tert-OH is 2. The Balaban J connectivity index is 2.44. The van der Waals surface area contributed by atoms with Crippen molar-refractivity contribution in [1.82, 2.24) is 0 Å². The van der Waals surface area contributed by atoms with Crippen LogP contribution in [0, 0.1) is 11.8 Å². The molecule has 3 heteroatoms. The van der Waals surface area contributed by atoms with Gasteiger partial charge in [0.15, 0.2) is 0 Å². The van der Waals surface area contributed by atoms with Crippen LogP contribution in [0.3, 0.4) is 0 Å². The molecule has 0 radical (unpaired) electrons. The summed E-state index contributed by atoms with van der Waals surface area (Å²) >= 11 is 0. The highest BCUT2D eigenvalue weighted by molar-refractivity contribution is 5.83. The Morgan fingerprint density at radius 1 is 1.40 bits per heavy atom. The van der Waals surface area contributed by atoms with Gasteiger partial charge in [0.2, 0.25) is 0 Å². The quantitative estimate of drug-likeness (QED) is 0.552. The third-order valence-electron chi connectivity index (χ3n) is 2.04. The lowest BCUT2D eigenvalue weighted by Gasteiger charge is -2.02. The lowest BCUT2D eigenvalue weighted by atomic mass is 10.1. The van der Waals surface area contributed by atoms with E-state index in [0.717, 1.165) is 0 Å². The van der Waals surface area contributed by atoms with Crippen LogP contribution in [0.25, 0.3) is 0 Å². The van der Waals surface area contributed by atoms with Crippen LogP contribution < -0.4 is 0 Å². The summed E-state index contributed by atoms with van der Waals surface area (Å²) in [6.07, 6.45) is 1.10. The van der Waals surface area contributed by atoms with Crippen LogP contribution in [0.1, 0.15) is 12.8 Å². The fourth-order valence-electron chi connectivity index (χ4n) is 1.38. The average molecular weight is 144 g/mol. The second kappa shape index (κ2) is 3.12. The van der Waals surface area contributed by atoms with Crippen molar-refractivity contribution in [1.29, 1.82) is 0 Å². The predicted molar refractivity (Wildman–Crippen MR) is 35.4 cm³/mol. The highest BCUT2D eigenvalue weighted by atomic mass is 16.3. The molecule has 0 unspecified atom stereocenters. The van der Waals surface area contributed by atoms with E-state index in [1.165, 1.54) is 0 Å². The maximum Gasteiger partial charge on any atom is 0.138 e. The van der Waals surface area contributed by atoms with Crippen LogP contribution in [0.15, 0.2) is 0 Å². The molecule has 0 bridgehead atoms. The number of carbonyl (C=O) groups excluding carboxylic acids is 1. The van der Waals surface area contributed by atoms with Gasteiger partial charge in [0.25, 0.3) is 0 Å². The van der Waals surface area contributed by atoms with Crippen LogP contribution in [-0.4, -0.2) is 29.2 Å². The van der Waals surface area contributed by atoms with E-state index in [-0.39, 0.29) is 30.8 Å². The average Bonchev–Trinajstić information content (AvgIpc) is 2.30. The minimum Gasteiger partial charge on any atom is -0.396 e. The smallest absolute Gasteiger partial charge is 0.138 e. The van der Waals surface area contributed by atoms with Crippen LogP contribution in [-0.2, 0) is 4.79 Å². The fourth-order valence-corrected chi connectivity index (χ4v) is 1.38. The molecule has 3 nitrogen and oxygen atoms in total. The normalized spacial score (nSPS) is 33.2. The maximum atomic E-state index is 10.9. The Hall–Kier alpha value is -0.410. The number of ketones is 1. The number of hydrogen-bond acceptors (Lipinski definition) is 3. The Morgan fingerprint density at radius 2 is 2.10 bits per heavy atom. The van der Waals surface area contributed by atoms with Gasteiger partial charge in [0, 0.05) is 18.9 Å². The third-order valence-corrected chi connectivity index (χ3v) is 2.04. The van der Waals surface area contributed by atoms with Gasteiger partial charge in [-0.3, -0.25) is 4.79 Å². The van der Waals surface area contributed by atoms with Crippen molar-refractivity contribution in [3.63, 3.8) is 0 Å². The van der Waals surface area contributed by atoms with Crippen LogP contribution >= 0.6 is 0 Å². The zero-order valence-corrected chi connectivity index (χ0v) is 5.79. The summed E-state index contributed by atoms with van der Waals surface area (Å²) in [6, 6.07) is 0. The first kappa shape index (κ1) is 7.69. The Bertz CT molecular complexity index is 133. The number of carbonyl (C=O) groups is 1. The molecule has 0 heterocycles. The second-order valence-corrected chi connectivity index (χ2v) is 2.83. The zero-order valence-electron chi connectivity index (χ0n) is 5.79. The molecule has 0 saturated heterocycles. The molecule has 0 aliphatic heterocycles. The van der Waals surface area contributed by atoms with E-state index < -0.39 is 0 Å². The molecule has 0 aromatic rings. The van der Waals surface area contributed by atoms with Crippen molar-refractivity contribution in [2.75, 3.05) is 13.2 Å². The first-order valence-electron chi connectivity index (χ1n) is 3.52. The Labute approximate surface area is 59.7 Å². The van der Waals surface area contributed by atoms with E-state index in [9.17, 15) is 4.79 Å². The second-order valence-electron chi connectivity index (χ2n) is 2.83. The van der Waals surface area contributed by atoms with E-state index in [1.807, 2.05) is 0 Å². The zero-order chi connectivity index (χ0) is 7.56. The lowest BCUT2D eigenvalue weighted by Crippen LogP contribution is -2.10. The van der Waals surface area contributed by atoms with Gasteiger partial charge in [0.05, 0.1) is 6.61 Å². The summed E-state index contributed by atoms with van der Waals surface area (Å²) in [5.74, 6) is 0.00310. The molecule has 2 atom stereocenters. The molecule has 0 spiro atoms. The molecule has 1 aliphatic carbocycles. The van der Waals surface area contributed by atoms with Crippen molar-refractivity contribution in [3.05, 3.63) is 0 Å². The standard InChI is InChI=1S/C7H12O3/c8-3-5-1-6(4-9)7(10)2-5/h5-6,8-9H,1-4H2/t5-,6+/m0/s1. The summed E-state index contributed by atoms with van der Waals surface area (Å²) in [4.78, 5) is 10.9. The molecule has 1 fully saturated rings. The van der Waals surface area contributed by atoms with Gasteiger partial charge < -0.3 is 10.2 Å². The van der Waals surface area contributed by atoms with Gasteiger partial charge in [-0.05, 0) is 12.3 Å². The van der Waals surface area contributed by atoms with Crippen molar-refractivity contribution in [3.8, 4) is 0 Å². The topological polar surface area (TPSA) is 57.5 Å². The Kier molecular flexibility index (Phi) is 2.40. The summed E-state index contributed by atoms with van der Waals surface area (Å²) in [5, 5.41) is 17.3. The van der Waals surface area contributed by atoms with Crippen molar-refractivity contribution in [2.24, 2.45) is 11.8 Å². The number of rotatable bonds is 2. The van der Waals surface area contributed by atoms with Crippen LogP contribution in [0.4, 0.5) is 0 Å². The molecule has 0 aromatic carbocycles. The van der Waals surface area contributed by atoms with Gasteiger partial charge in [-0.15, -0.1) is 0 Å². The van der Waals surface area contributed by atoms with E-state index in [0.29, 0.717) is 12.8 Å². The van der Waals surface area contributed by atoms with Crippen LogP contribution in [0.2, 0.25) is 0 Å². The fraction of sp³-hybridized carbons (Fsp3) is 0.857. The lowest BCUT2D eigenvalue weighted by molar-refractivity contribution is -0.121. The number of Topliss-reactive ketones (excluding diaryl/α,β-unsaturated/α-hetero) is 1. The van der Waals surface area contributed by atoms with Gasteiger partial charge >= 0.3 is 0 Å².